The van der Waals surface area contributed by atoms with Crippen LogP contribution in [0.4, 0.5) is 0 Å². The predicted molar refractivity (Wildman–Crippen MR) is 261 cm³/mol. The number of carbonyl (C=O) groups excluding carboxylic acids is 3. The molecule has 8 bridgehead atoms. The van der Waals surface area contributed by atoms with Gasteiger partial charge in [-0.2, -0.15) is 5.70 Å². The van der Waals surface area contributed by atoms with Crippen molar-refractivity contribution < 1.29 is 29.0 Å². The Kier molecular flexibility index (Phi) is 18.3. The topological polar surface area (TPSA) is 146 Å². The van der Waals surface area contributed by atoms with Crippen LogP contribution >= 0.6 is 0 Å². The fraction of sp³-hybridized carbons (Fsp3) is 0.574. The van der Waals surface area contributed by atoms with E-state index in [0.29, 0.717) is 56.0 Å². The second-order valence-corrected chi connectivity index (χ2v) is 19.5. The van der Waals surface area contributed by atoms with Crippen LogP contribution in [0.2, 0.25) is 0 Å². The summed E-state index contributed by atoms with van der Waals surface area (Å²) in [6.45, 7) is 21.7. The second kappa shape index (κ2) is 23.0. The van der Waals surface area contributed by atoms with Crippen molar-refractivity contribution in [2.75, 3.05) is 13.7 Å². The molecular formula is C54H72MgN4O6-2. The summed E-state index contributed by atoms with van der Waals surface area (Å²) in [4.78, 5) is 56.4. The molecule has 1 unspecified atom stereocenters. The number of hydrogen-bond donors (Lipinski definition) is 1. The van der Waals surface area contributed by atoms with E-state index in [0.717, 1.165) is 71.1 Å². The predicted octanol–water partition coefficient (Wildman–Crippen LogP) is 7.83. The first-order valence-electron chi connectivity index (χ1n) is 24.0. The van der Waals surface area contributed by atoms with Gasteiger partial charge >= 0.3 is 35.0 Å². The second-order valence-electron chi connectivity index (χ2n) is 19.5. The van der Waals surface area contributed by atoms with E-state index in [4.69, 9.17) is 29.7 Å². The number of carbonyl (C=O) groups is 3. The number of aliphatic hydroxyl groups excluding tert-OH is 1. The number of aliphatic hydroxyl groups is 1. The number of methoxy groups -OCH3 is 1. The third-order valence-corrected chi connectivity index (χ3v) is 14.4. The Morgan fingerprint density at radius 1 is 0.831 bits per heavy atom. The summed E-state index contributed by atoms with van der Waals surface area (Å²) in [5.41, 5.74) is 8.48. The Morgan fingerprint density at radius 3 is 2.12 bits per heavy atom. The van der Waals surface area contributed by atoms with E-state index in [2.05, 4.69) is 48.5 Å². The number of fused-ring (bicyclic) bond motifs is 8. The first-order chi connectivity index (χ1) is 30.6. The molecule has 3 aliphatic rings. The number of Topliss-reactive ketones (excluding diaryl/α,β-unsaturated/α-hetero) is 1. The molecule has 2 aliphatic heterocycles. The van der Waals surface area contributed by atoms with Gasteiger partial charge in [0.2, 0.25) is 0 Å². The monoisotopic (exact) mass is 897 g/mol. The Balaban J connectivity index is 0.00000793. The van der Waals surface area contributed by atoms with Crippen LogP contribution in [-0.2, 0) is 25.5 Å². The molecule has 11 heteroatoms. The van der Waals surface area contributed by atoms with Crippen molar-refractivity contribution in [3.05, 3.63) is 88.8 Å². The van der Waals surface area contributed by atoms with Gasteiger partial charge in [-0.1, -0.05) is 144 Å². The maximum atomic E-state index is 14.4. The Bertz CT molecular complexity index is 2520. The third-order valence-electron chi connectivity index (χ3n) is 14.4. The van der Waals surface area contributed by atoms with Crippen molar-refractivity contribution >= 4 is 70.8 Å². The molecule has 0 radical (unpaired) electrons. The molecule has 348 valence electrons. The molecule has 1 saturated heterocycles. The molecule has 3 aromatic rings. The molecule has 1 aliphatic carbocycles. The van der Waals surface area contributed by atoms with Gasteiger partial charge in [0.15, 0.2) is 5.78 Å². The summed E-state index contributed by atoms with van der Waals surface area (Å²) < 4.78 is 11.0. The number of allylic oxidation sites excluding steroid dienone is 2. The van der Waals surface area contributed by atoms with E-state index < -0.39 is 17.9 Å². The molecule has 1 N–H and O–H groups in total. The van der Waals surface area contributed by atoms with Crippen molar-refractivity contribution in [3.8, 4) is 0 Å². The average molecular weight is 897 g/mol. The van der Waals surface area contributed by atoms with E-state index >= 15 is 0 Å². The summed E-state index contributed by atoms with van der Waals surface area (Å²) >= 11 is 0. The number of esters is 2. The number of aromatic nitrogens is 3. The largest absolute Gasteiger partial charge is 2.00 e. The summed E-state index contributed by atoms with van der Waals surface area (Å²) in [5.74, 6) is -0.683. The zero-order chi connectivity index (χ0) is 46.4. The molecule has 1 fully saturated rings. The molecule has 65 heavy (non-hydrogen) atoms. The molecule has 6 rings (SSSR count). The minimum absolute atomic E-state index is 0. The van der Waals surface area contributed by atoms with Gasteiger partial charge in [0.1, 0.15) is 12.5 Å². The van der Waals surface area contributed by atoms with Crippen LogP contribution in [0.3, 0.4) is 0 Å². The number of rotatable bonds is 19. The van der Waals surface area contributed by atoms with Crippen LogP contribution in [0.15, 0.2) is 17.3 Å². The van der Waals surface area contributed by atoms with E-state index in [1.54, 1.807) is 0 Å². The van der Waals surface area contributed by atoms with Gasteiger partial charge in [-0.15, -0.1) is 33.1 Å². The Hall–Kier alpha value is -4.22. The zero-order valence-electron chi connectivity index (χ0n) is 41.1. The molecule has 5 heterocycles. The molecule has 10 nitrogen and oxygen atoms in total. The van der Waals surface area contributed by atoms with E-state index in [-0.39, 0.29) is 59.7 Å². The maximum absolute atomic E-state index is 14.4. The van der Waals surface area contributed by atoms with Crippen molar-refractivity contribution in [1.82, 2.24) is 15.0 Å². The first-order valence-corrected chi connectivity index (χ1v) is 24.0. The molecule has 6 atom stereocenters. The van der Waals surface area contributed by atoms with Gasteiger partial charge in [0, 0.05) is 12.0 Å². The Labute approximate surface area is 403 Å². The van der Waals surface area contributed by atoms with Crippen LogP contribution in [0.1, 0.15) is 169 Å². The normalized spacial score (nSPS) is 22.1. The van der Waals surface area contributed by atoms with Crippen LogP contribution in [0.5, 0.6) is 0 Å². The van der Waals surface area contributed by atoms with Crippen LogP contribution < -0.4 is 36.2 Å². The van der Waals surface area contributed by atoms with E-state index in [1.807, 2.05) is 45.1 Å². The summed E-state index contributed by atoms with van der Waals surface area (Å²) in [6, 6.07) is -0.650. The number of nitrogens with zero attached hydrogens (tertiary/aromatic N) is 4. The molecular weight excluding hydrogens is 825 g/mol. The van der Waals surface area contributed by atoms with E-state index in [9.17, 15) is 19.5 Å². The van der Waals surface area contributed by atoms with Crippen LogP contribution in [0.25, 0.3) is 35.4 Å². The molecule has 0 aromatic carbocycles. The minimum atomic E-state index is -1.21. The van der Waals surface area contributed by atoms with Crippen LogP contribution in [-0.4, -0.2) is 65.6 Å². The molecule has 0 spiro atoms. The maximum Gasteiger partial charge on any atom is 2.00 e. The van der Waals surface area contributed by atoms with Gasteiger partial charge in [0.25, 0.3) is 0 Å². The molecule has 0 amide bonds. The number of ether oxygens (including phenoxy) is 2. The third kappa shape index (κ3) is 11.7. The van der Waals surface area contributed by atoms with Crippen molar-refractivity contribution in [3.63, 3.8) is 0 Å². The smallest absolute Gasteiger partial charge is 0.681 e. The summed E-state index contributed by atoms with van der Waals surface area (Å²) in [5, 5.41) is 17.9. The summed E-state index contributed by atoms with van der Waals surface area (Å²) in [6.07, 6.45) is 21.3. The minimum Gasteiger partial charge on any atom is -0.681 e. The van der Waals surface area contributed by atoms with Crippen molar-refractivity contribution in [2.45, 2.75) is 152 Å². The van der Waals surface area contributed by atoms with Gasteiger partial charge in [-0.25, -0.2) is 0 Å². The Morgan fingerprint density at radius 2 is 1.48 bits per heavy atom. The quantitative estimate of drug-likeness (QED) is 0.0551. The molecule has 0 saturated carbocycles. The van der Waals surface area contributed by atoms with Gasteiger partial charge in [-0.3, -0.25) is 14.4 Å². The van der Waals surface area contributed by atoms with Crippen molar-refractivity contribution in [2.24, 2.45) is 35.5 Å². The zero-order valence-corrected chi connectivity index (χ0v) is 42.5. The van der Waals surface area contributed by atoms with Crippen molar-refractivity contribution in [1.29, 1.82) is 0 Å². The fourth-order valence-corrected chi connectivity index (χ4v) is 10.2. The number of hydrogen-bond acceptors (Lipinski definition) is 6. The summed E-state index contributed by atoms with van der Waals surface area (Å²) in [7, 11) is 1.29. The van der Waals surface area contributed by atoms with Gasteiger partial charge in [0.05, 0.1) is 13.4 Å². The van der Waals surface area contributed by atoms with Gasteiger partial charge in [-0.05, 0) is 94.3 Å². The van der Waals surface area contributed by atoms with E-state index in [1.165, 1.54) is 57.6 Å². The fourth-order valence-electron chi connectivity index (χ4n) is 10.2. The van der Waals surface area contributed by atoms with Crippen LogP contribution in [0, 0.1) is 56.3 Å². The standard InChI is InChI=1S/C54H73N4O6.Mg/c1-12-38-34(7)42-27-46-40(29-59)36(9)41(56-46)26-43-35(8)39(51(57-43)49-50(54(62)63-11)53(61)48-37(10)44(58-52(48)49)28-45(38)55-42)22-23-47(60)64-25-24-33(6)21-15-20-32(5)19-14-18-31(4)17-13-16-30(2)3;/h24,26-32,35,39,50-51H,12-23,25H2,1-11H3,(H2-,55,56,59,61);/q-3;+2/p-1/b33-24-,43-26-;/t31-,32-,35+,39+,50-,51?;/m1./s1. The SMILES string of the molecule is CCc1c2[n-]c(c1C)/C=c1\[n-]c(c(C)\c1=C/O)/C=C1\[N-]C(C3=c4[n-]/c(c(C)c4C(=O)[C@@H]3C(=O)OC)=C\2)[C@@H](CCC(=O)OC/C=C(/C)CCC[C@H](C)CCC[C@H](C)CCCC(C)C)[C@@H]1C.[Mg+2]. The average Bonchev–Trinajstić information content (AvgIpc) is 3.99. The number of ketones is 1. The molecule has 3 aromatic heterocycles. The first kappa shape index (κ1) is 51.8. The van der Waals surface area contributed by atoms with Gasteiger partial charge < -0.3 is 34.8 Å².